The number of hydrogen-bond donors (Lipinski definition) is 1. The molecule has 0 fully saturated rings. The van der Waals surface area contributed by atoms with Gasteiger partial charge in [0.15, 0.2) is 5.78 Å². The maximum Gasteiger partial charge on any atom is 0.203 e. The van der Waals surface area contributed by atoms with E-state index in [0.717, 1.165) is 9.95 Å². The number of ketones is 1. The van der Waals surface area contributed by atoms with Crippen LogP contribution < -0.4 is 0 Å². The van der Waals surface area contributed by atoms with Crippen molar-refractivity contribution in [3.05, 3.63) is 77.9 Å². The fourth-order valence-corrected chi connectivity index (χ4v) is 3.35. The van der Waals surface area contributed by atoms with Gasteiger partial charge in [0.25, 0.3) is 0 Å². The topological polar surface area (TPSA) is 42.2 Å². The van der Waals surface area contributed by atoms with Crippen LogP contribution in [-0.4, -0.2) is 15.5 Å². The van der Waals surface area contributed by atoms with E-state index in [0.29, 0.717) is 21.9 Å². The van der Waals surface area contributed by atoms with E-state index in [4.69, 9.17) is 9.60 Å². The molecule has 1 N–H and O–H groups in total. The van der Waals surface area contributed by atoms with E-state index in [9.17, 15) is 9.90 Å². The van der Waals surface area contributed by atoms with Crippen LogP contribution in [0.2, 0.25) is 0 Å². The number of carbonyl (C=O) groups excluding carboxylic acids is 1. The highest BCUT2D eigenvalue weighted by molar-refractivity contribution is 6.22. The maximum absolute atomic E-state index is 13.6. The Morgan fingerprint density at radius 1 is 1.04 bits per heavy atom. The molecule has 0 atom stereocenters. The molecule has 3 nitrogen and oxygen atoms in total. The van der Waals surface area contributed by atoms with Crippen LogP contribution in [0.4, 0.5) is 0 Å². The monoisotopic (exact) mass is 350 g/mol. The fourth-order valence-electron chi connectivity index (χ4n) is 3.35. The number of benzene rings is 3. The zero-order valence-corrected chi connectivity index (χ0v) is 13.9. The first-order chi connectivity index (χ1) is 15.4. The first-order valence-electron chi connectivity index (χ1n) is 11.7. The van der Waals surface area contributed by atoms with Crippen LogP contribution >= 0.6 is 0 Å². The lowest BCUT2D eigenvalue weighted by Gasteiger charge is -2.07. The van der Waals surface area contributed by atoms with Gasteiger partial charge in [-0.1, -0.05) is 73.9 Å². The number of fused-ring (bicyclic) bond motifs is 2. The lowest BCUT2D eigenvalue weighted by Crippen LogP contribution is -2.03. The van der Waals surface area contributed by atoms with Crippen molar-refractivity contribution in [1.82, 2.24) is 4.57 Å². The molecule has 0 aliphatic heterocycles. The third kappa shape index (κ3) is 2.57. The van der Waals surface area contributed by atoms with E-state index in [-0.39, 0.29) is 5.56 Å². The van der Waals surface area contributed by atoms with E-state index in [1.165, 1.54) is 0 Å². The largest absolute Gasteiger partial charge is 0.494 e. The minimum Gasteiger partial charge on any atom is -0.494 e. The van der Waals surface area contributed by atoms with E-state index in [1.807, 2.05) is 18.2 Å². The number of aromatic hydroxyl groups is 1. The Kier molecular flexibility index (Phi) is 2.61. The Hall–Kier alpha value is -3.07. The molecule has 130 valence electrons. The standard InChI is InChI=1S/C23H21NO2/c1-2-3-15-24-20-14-7-6-12-19(20)21(23(24)26)22(25)18-13-8-10-16-9-4-5-11-17(16)18/h4-14,26H,2-3,15H2,1H3/i1D3,2D2,3D2. The highest BCUT2D eigenvalue weighted by Gasteiger charge is 2.24. The predicted octanol–water partition coefficient (Wildman–Crippen LogP) is 5.53. The van der Waals surface area contributed by atoms with Crippen molar-refractivity contribution in [2.75, 3.05) is 0 Å². The van der Waals surface area contributed by atoms with E-state index in [1.54, 1.807) is 48.5 Å². The summed E-state index contributed by atoms with van der Waals surface area (Å²) < 4.78 is 55.5. The molecule has 3 heteroatoms. The van der Waals surface area contributed by atoms with Gasteiger partial charge in [-0.25, -0.2) is 0 Å². The minimum atomic E-state index is -3.23. The Morgan fingerprint density at radius 2 is 1.77 bits per heavy atom. The first-order valence-corrected chi connectivity index (χ1v) is 8.19. The zero-order chi connectivity index (χ0) is 24.2. The van der Waals surface area contributed by atoms with Gasteiger partial charge in [-0.3, -0.25) is 4.79 Å². The fraction of sp³-hybridized carbons (Fsp3) is 0.174. The molecular weight excluding hydrogens is 322 g/mol. The summed E-state index contributed by atoms with van der Waals surface area (Å²) in [5.74, 6) is -1.02. The predicted molar refractivity (Wildman–Crippen MR) is 106 cm³/mol. The van der Waals surface area contributed by atoms with Gasteiger partial charge in [-0.05, 0) is 23.2 Å². The first kappa shape index (κ1) is 10.2. The lowest BCUT2D eigenvalue weighted by molar-refractivity contribution is 0.103. The van der Waals surface area contributed by atoms with Gasteiger partial charge in [0, 0.05) is 27.1 Å². The Balaban J connectivity index is 1.89. The second kappa shape index (κ2) is 6.68. The molecule has 0 aliphatic rings. The summed E-state index contributed by atoms with van der Waals surface area (Å²) in [5, 5.41) is 13.0. The molecule has 0 saturated carbocycles. The highest BCUT2D eigenvalue weighted by atomic mass is 16.3. The number of rotatable bonds is 5. The molecule has 26 heavy (non-hydrogen) atoms. The second-order valence-corrected chi connectivity index (χ2v) is 5.96. The molecular formula is C23H21NO2. The Bertz CT molecular complexity index is 1370. The van der Waals surface area contributed by atoms with Gasteiger partial charge in [0.05, 0.1) is 11.1 Å². The zero-order valence-electron chi connectivity index (χ0n) is 20.9. The van der Waals surface area contributed by atoms with Crippen molar-refractivity contribution in [3.8, 4) is 5.88 Å². The van der Waals surface area contributed by atoms with Crippen molar-refractivity contribution in [1.29, 1.82) is 0 Å². The molecule has 4 rings (SSSR count). The van der Waals surface area contributed by atoms with E-state index < -0.39 is 37.8 Å². The van der Waals surface area contributed by atoms with Crippen molar-refractivity contribution in [3.63, 3.8) is 0 Å². The van der Waals surface area contributed by atoms with Crippen molar-refractivity contribution < 1.29 is 19.5 Å². The van der Waals surface area contributed by atoms with Crippen LogP contribution in [0, 0.1) is 0 Å². The quantitative estimate of drug-likeness (QED) is 0.481. The third-order valence-electron chi connectivity index (χ3n) is 4.53. The number of carbonyl (C=O) groups is 1. The van der Waals surface area contributed by atoms with Crippen LogP contribution in [0.15, 0.2) is 66.7 Å². The molecule has 1 heterocycles. The van der Waals surface area contributed by atoms with Crippen LogP contribution in [0.25, 0.3) is 21.7 Å². The van der Waals surface area contributed by atoms with Crippen molar-refractivity contribution >= 4 is 27.5 Å². The molecule has 0 spiro atoms. The molecule has 0 saturated heterocycles. The SMILES string of the molecule is [2H]C([2H])([2H])C([2H])([2H])C([2H])([2H])Cn1c(O)c(C(=O)c2cccc3ccccc23)c2ccccc21. The molecule has 0 radical (unpaired) electrons. The van der Waals surface area contributed by atoms with Gasteiger partial charge in [-0.2, -0.15) is 0 Å². The highest BCUT2D eigenvalue weighted by Crippen LogP contribution is 2.34. The summed E-state index contributed by atoms with van der Waals surface area (Å²) in [4.78, 5) is 13.6. The Morgan fingerprint density at radius 3 is 2.62 bits per heavy atom. The minimum absolute atomic E-state index is 0.0489. The summed E-state index contributed by atoms with van der Waals surface area (Å²) in [5.41, 5.74) is 0.600. The molecule has 0 bridgehead atoms. The van der Waals surface area contributed by atoms with Gasteiger partial charge in [-0.15, -0.1) is 0 Å². The number of hydrogen-bond acceptors (Lipinski definition) is 2. The number of nitrogens with zero attached hydrogens (tertiary/aromatic N) is 1. The summed E-state index contributed by atoms with van der Waals surface area (Å²) >= 11 is 0. The normalized spacial score (nSPS) is 16.8. The summed E-state index contributed by atoms with van der Waals surface area (Å²) in [6.07, 6.45) is -6.07. The summed E-state index contributed by atoms with van der Waals surface area (Å²) in [6.45, 7) is -4.02. The number of aromatic nitrogens is 1. The van der Waals surface area contributed by atoms with Crippen LogP contribution in [0.3, 0.4) is 0 Å². The lowest BCUT2D eigenvalue weighted by atomic mass is 9.97. The molecule has 3 aromatic carbocycles. The molecule has 0 unspecified atom stereocenters. The van der Waals surface area contributed by atoms with E-state index >= 15 is 0 Å². The van der Waals surface area contributed by atoms with Crippen molar-refractivity contribution in [2.24, 2.45) is 0 Å². The van der Waals surface area contributed by atoms with Gasteiger partial charge >= 0.3 is 0 Å². The van der Waals surface area contributed by atoms with E-state index in [2.05, 4.69) is 0 Å². The summed E-state index contributed by atoms with van der Waals surface area (Å²) in [7, 11) is 0. The van der Waals surface area contributed by atoms with Gasteiger partial charge < -0.3 is 9.67 Å². The molecule has 1 aromatic heterocycles. The smallest absolute Gasteiger partial charge is 0.203 e. The summed E-state index contributed by atoms with van der Waals surface area (Å²) in [6, 6.07) is 19.0. The van der Waals surface area contributed by atoms with Crippen LogP contribution in [0.5, 0.6) is 5.88 Å². The second-order valence-electron chi connectivity index (χ2n) is 5.96. The average molecular weight is 350 g/mol. The van der Waals surface area contributed by atoms with Gasteiger partial charge in [0.1, 0.15) is 0 Å². The molecule has 4 aromatic rings. The average Bonchev–Trinajstić information content (AvgIpc) is 3.03. The maximum atomic E-state index is 13.6. The number of para-hydroxylation sites is 1. The third-order valence-corrected chi connectivity index (χ3v) is 4.53. The van der Waals surface area contributed by atoms with Crippen molar-refractivity contribution in [2.45, 2.75) is 26.1 Å². The molecule has 0 aliphatic carbocycles. The van der Waals surface area contributed by atoms with Crippen LogP contribution in [-0.2, 0) is 6.54 Å². The Labute approximate surface area is 162 Å². The van der Waals surface area contributed by atoms with Gasteiger partial charge in [0.2, 0.25) is 5.88 Å². The molecule has 0 amide bonds. The number of aryl methyl sites for hydroxylation is 1. The van der Waals surface area contributed by atoms with Crippen LogP contribution in [0.1, 0.15) is 45.1 Å².